The number of hydrogen-bond donors (Lipinski definition) is 1. The average molecular weight is 236 g/mol. The SMILES string of the molecule is CCNc1ncc(-c2ccc(F)c(C)c2)s1. The van der Waals surface area contributed by atoms with E-state index in [-0.39, 0.29) is 5.82 Å². The Bertz CT molecular complexity index is 494. The normalized spacial score (nSPS) is 10.4. The van der Waals surface area contributed by atoms with E-state index in [0.29, 0.717) is 5.56 Å². The molecule has 0 saturated carbocycles. The predicted octanol–water partition coefficient (Wildman–Crippen LogP) is 3.69. The van der Waals surface area contributed by atoms with Gasteiger partial charge in [0.1, 0.15) is 5.82 Å². The first-order chi connectivity index (χ1) is 7.70. The van der Waals surface area contributed by atoms with E-state index in [2.05, 4.69) is 10.3 Å². The molecule has 0 amide bonds. The van der Waals surface area contributed by atoms with Crippen molar-refractivity contribution >= 4 is 16.5 Å². The number of thiazole rings is 1. The van der Waals surface area contributed by atoms with Crippen LogP contribution in [0.5, 0.6) is 0 Å². The van der Waals surface area contributed by atoms with Crippen LogP contribution in [-0.4, -0.2) is 11.5 Å². The number of anilines is 1. The third-order valence-electron chi connectivity index (χ3n) is 2.28. The average Bonchev–Trinajstić information content (AvgIpc) is 2.71. The summed E-state index contributed by atoms with van der Waals surface area (Å²) in [7, 11) is 0. The number of aromatic nitrogens is 1. The Labute approximate surface area is 98.2 Å². The van der Waals surface area contributed by atoms with Gasteiger partial charge < -0.3 is 5.32 Å². The third kappa shape index (κ3) is 2.22. The molecule has 2 aromatic rings. The minimum absolute atomic E-state index is 0.167. The first-order valence-corrected chi connectivity index (χ1v) is 5.98. The van der Waals surface area contributed by atoms with Crippen LogP contribution in [0, 0.1) is 12.7 Å². The number of halogens is 1. The van der Waals surface area contributed by atoms with Crippen molar-refractivity contribution in [2.24, 2.45) is 0 Å². The zero-order valence-electron chi connectivity index (χ0n) is 9.25. The molecular weight excluding hydrogens is 223 g/mol. The molecule has 84 valence electrons. The molecule has 1 aromatic carbocycles. The Morgan fingerprint density at radius 3 is 2.94 bits per heavy atom. The van der Waals surface area contributed by atoms with Crippen LogP contribution in [0.3, 0.4) is 0 Å². The zero-order valence-corrected chi connectivity index (χ0v) is 10.1. The van der Waals surface area contributed by atoms with Crippen molar-refractivity contribution < 1.29 is 4.39 Å². The molecule has 0 aliphatic carbocycles. The van der Waals surface area contributed by atoms with Crippen molar-refractivity contribution in [3.05, 3.63) is 35.8 Å². The molecule has 2 rings (SSSR count). The van der Waals surface area contributed by atoms with Crippen LogP contribution in [0.2, 0.25) is 0 Å². The second-order valence-corrected chi connectivity index (χ2v) is 4.55. The fourth-order valence-electron chi connectivity index (χ4n) is 1.44. The molecule has 1 aromatic heterocycles. The van der Waals surface area contributed by atoms with E-state index < -0.39 is 0 Å². The highest BCUT2D eigenvalue weighted by Crippen LogP contribution is 2.29. The highest BCUT2D eigenvalue weighted by atomic mass is 32.1. The Balaban J connectivity index is 2.31. The highest BCUT2D eigenvalue weighted by molar-refractivity contribution is 7.18. The number of nitrogens with zero attached hydrogens (tertiary/aromatic N) is 1. The third-order valence-corrected chi connectivity index (χ3v) is 3.28. The molecule has 2 nitrogen and oxygen atoms in total. The smallest absolute Gasteiger partial charge is 0.183 e. The monoisotopic (exact) mass is 236 g/mol. The van der Waals surface area contributed by atoms with Gasteiger partial charge in [-0.15, -0.1) is 0 Å². The maximum Gasteiger partial charge on any atom is 0.183 e. The van der Waals surface area contributed by atoms with Gasteiger partial charge in [-0.25, -0.2) is 9.37 Å². The van der Waals surface area contributed by atoms with E-state index in [4.69, 9.17) is 0 Å². The second-order valence-electron chi connectivity index (χ2n) is 3.52. The molecule has 1 heterocycles. The maximum atomic E-state index is 13.1. The summed E-state index contributed by atoms with van der Waals surface area (Å²) in [6, 6.07) is 5.13. The summed E-state index contributed by atoms with van der Waals surface area (Å²) >= 11 is 1.58. The van der Waals surface area contributed by atoms with Crippen LogP contribution in [0.4, 0.5) is 9.52 Å². The van der Waals surface area contributed by atoms with Gasteiger partial charge in [0.25, 0.3) is 0 Å². The molecular formula is C12H13FN2S. The highest BCUT2D eigenvalue weighted by Gasteiger charge is 2.05. The molecule has 0 saturated heterocycles. The molecule has 16 heavy (non-hydrogen) atoms. The van der Waals surface area contributed by atoms with Gasteiger partial charge in [0.05, 0.1) is 4.88 Å². The lowest BCUT2D eigenvalue weighted by Gasteiger charge is -2.00. The summed E-state index contributed by atoms with van der Waals surface area (Å²) in [5.41, 5.74) is 1.68. The van der Waals surface area contributed by atoms with Crippen LogP contribution in [0.25, 0.3) is 10.4 Å². The van der Waals surface area contributed by atoms with E-state index in [9.17, 15) is 4.39 Å². The summed E-state index contributed by atoms with van der Waals surface area (Å²) in [4.78, 5) is 5.30. The van der Waals surface area contributed by atoms with Gasteiger partial charge in [-0.1, -0.05) is 17.4 Å². The molecule has 1 N–H and O–H groups in total. The second kappa shape index (κ2) is 4.61. The van der Waals surface area contributed by atoms with Crippen LogP contribution >= 0.6 is 11.3 Å². The molecule has 0 atom stereocenters. The lowest BCUT2D eigenvalue weighted by molar-refractivity contribution is 0.619. The summed E-state index contributed by atoms with van der Waals surface area (Å²) < 4.78 is 13.1. The van der Waals surface area contributed by atoms with Crippen molar-refractivity contribution in [1.29, 1.82) is 0 Å². The predicted molar refractivity (Wildman–Crippen MR) is 66.4 cm³/mol. The summed E-state index contributed by atoms with van der Waals surface area (Å²) in [5, 5.41) is 4.06. The molecule has 0 fully saturated rings. The largest absolute Gasteiger partial charge is 0.362 e. The maximum absolute atomic E-state index is 13.1. The first kappa shape index (κ1) is 11.1. The Kier molecular flexibility index (Phi) is 3.19. The fraction of sp³-hybridized carbons (Fsp3) is 0.250. The standard InChI is InChI=1S/C12H13FN2S/c1-3-14-12-15-7-11(16-12)9-4-5-10(13)8(2)6-9/h4-7H,3H2,1-2H3,(H,14,15). The van der Waals surface area contributed by atoms with Gasteiger partial charge in [-0.2, -0.15) is 0 Å². The van der Waals surface area contributed by atoms with E-state index in [1.807, 2.05) is 19.2 Å². The Hall–Kier alpha value is -1.42. The first-order valence-electron chi connectivity index (χ1n) is 5.17. The van der Waals surface area contributed by atoms with Gasteiger partial charge in [0.2, 0.25) is 0 Å². The van der Waals surface area contributed by atoms with Gasteiger partial charge in [-0.05, 0) is 37.1 Å². The number of hydrogen-bond acceptors (Lipinski definition) is 3. The topological polar surface area (TPSA) is 24.9 Å². The number of rotatable bonds is 3. The summed E-state index contributed by atoms with van der Waals surface area (Å²) in [6.07, 6.45) is 1.81. The minimum Gasteiger partial charge on any atom is -0.362 e. The van der Waals surface area contributed by atoms with Crippen LogP contribution in [-0.2, 0) is 0 Å². The molecule has 0 radical (unpaired) electrons. The number of aryl methyl sites for hydroxylation is 1. The minimum atomic E-state index is -0.167. The van der Waals surface area contributed by atoms with E-state index in [1.165, 1.54) is 6.07 Å². The molecule has 0 aliphatic rings. The fourth-order valence-corrected chi connectivity index (χ4v) is 2.32. The number of nitrogens with one attached hydrogen (secondary N) is 1. The Morgan fingerprint density at radius 1 is 1.44 bits per heavy atom. The van der Waals surface area contributed by atoms with Crippen molar-refractivity contribution in [2.45, 2.75) is 13.8 Å². The van der Waals surface area contributed by atoms with Crippen molar-refractivity contribution in [3.63, 3.8) is 0 Å². The molecule has 4 heteroatoms. The van der Waals surface area contributed by atoms with E-state index >= 15 is 0 Å². The zero-order chi connectivity index (χ0) is 11.5. The molecule has 0 unspecified atom stereocenters. The van der Waals surface area contributed by atoms with E-state index in [0.717, 1.165) is 22.1 Å². The van der Waals surface area contributed by atoms with E-state index in [1.54, 1.807) is 24.3 Å². The van der Waals surface area contributed by atoms with Gasteiger partial charge in [0, 0.05) is 12.7 Å². The molecule has 0 spiro atoms. The molecule has 0 bridgehead atoms. The lowest BCUT2D eigenvalue weighted by atomic mass is 10.1. The van der Waals surface area contributed by atoms with Gasteiger partial charge in [0.15, 0.2) is 5.13 Å². The summed E-state index contributed by atoms with van der Waals surface area (Å²) in [6.45, 7) is 4.66. The van der Waals surface area contributed by atoms with Crippen LogP contribution in [0.15, 0.2) is 24.4 Å². The van der Waals surface area contributed by atoms with Gasteiger partial charge in [-0.3, -0.25) is 0 Å². The van der Waals surface area contributed by atoms with Crippen molar-refractivity contribution in [3.8, 4) is 10.4 Å². The molecule has 0 aliphatic heterocycles. The number of benzene rings is 1. The van der Waals surface area contributed by atoms with Crippen LogP contribution in [0.1, 0.15) is 12.5 Å². The quantitative estimate of drug-likeness (QED) is 0.879. The van der Waals surface area contributed by atoms with Crippen molar-refractivity contribution in [2.75, 3.05) is 11.9 Å². The Morgan fingerprint density at radius 2 is 2.25 bits per heavy atom. The lowest BCUT2D eigenvalue weighted by Crippen LogP contribution is -1.94. The van der Waals surface area contributed by atoms with Crippen molar-refractivity contribution in [1.82, 2.24) is 4.98 Å². The van der Waals surface area contributed by atoms with Gasteiger partial charge >= 0.3 is 0 Å². The van der Waals surface area contributed by atoms with Crippen LogP contribution < -0.4 is 5.32 Å². The summed E-state index contributed by atoms with van der Waals surface area (Å²) in [5.74, 6) is -0.167.